The number of carbonyl (C=O) groups is 1. The van der Waals surface area contributed by atoms with E-state index in [0.717, 1.165) is 22.7 Å². The number of hydrogen-bond acceptors (Lipinski definition) is 6. The Morgan fingerprint density at radius 3 is 2.35 bits per heavy atom. The minimum Gasteiger partial charge on any atom is -0.508 e. The van der Waals surface area contributed by atoms with E-state index in [1.807, 2.05) is 30.3 Å². The molecule has 0 radical (unpaired) electrons. The largest absolute Gasteiger partial charge is 0.508 e. The van der Waals surface area contributed by atoms with Crippen LogP contribution in [0.3, 0.4) is 0 Å². The predicted octanol–water partition coefficient (Wildman–Crippen LogP) is 4.85. The van der Waals surface area contributed by atoms with E-state index in [0.29, 0.717) is 17.1 Å². The van der Waals surface area contributed by atoms with E-state index in [9.17, 15) is 9.90 Å². The van der Waals surface area contributed by atoms with Crippen LogP contribution in [0.2, 0.25) is 0 Å². The third kappa shape index (κ3) is 4.79. The number of methoxy groups -OCH3 is 1. The summed E-state index contributed by atoms with van der Waals surface area (Å²) in [4.78, 5) is 21.0. The molecule has 3 aromatic carbocycles. The molecule has 4 aromatic rings. The van der Waals surface area contributed by atoms with Crippen molar-refractivity contribution in [3.63, 3.8) is 0 Å². The maximum Gasteiger partial charge on any atom is 0.255 e. The molecule has 7 heteroatoms. The first kappa shape index (κ1) is 19.9. The van der Waals surface area contributed by atoms with Gasteiger partial charge in [0.1, 0.15) is 23.6 Å². The van der Waals surface area contributed by atoms with Crippen LogP contribution in [0.4, 0.5) is 17.2 Å². The summed E-state index contributed by atoms with van der Waals surface area (Å²) in [6.45, 7) is 0. The summed E-state index contributed by atoms with van der Waals surface area (Å²) in [5.74, 6) is 1.26. The standard InChI is InChI=1S/C24H20N4O3/c1-31-22-5-3-2-4-20(22)21-14-23(26-15-25-21)27-17-8-6-16(7-9-17)24(30)28-18-10-12-19(29)13-11-18/h2-15,29H,1H3,(H,28,30)(H,25,26,27). The van der Waals surface area contributed by atoms with E-state index in [4.69, 9.17) is 4.74 Å². The zero-order valence-electron chi connectivity index (χ0n) is 16.7. The van der Waals surface area contributed by atoms with E-state index < -0.39 is 0 Å². The number of phenols is 1. The van der Waals surface area contributed by atoms with E-state index in [2.05, 4.69) is 20.6 Å². The number of nitrogens with zero attached hydrogens (tertiary/aromatic N) is 2. The predicted molar refractivity (Wildman–Crippen MR) is 120 cm³/mol. The number of nitrogens with one attached hydrogen (secondary N) is 2. The normalized spacial score (nSPS) is 10.4. The van der Waals surface area contributed by atoms with Crippen LogP contribution in [0.1, 0.15) is 10.4 Å². The van der Waals surface area contributed by atoms with Crippen LogP contribution in [0.15, 0.2) is 85.2 Å². The fourth-order valence-electron chi connectivity index (χ4n) is 3.03. The van der Waals surface area contributed by atoms with Gasteiger partial charge in [0.15, 0.2) is 0 Å². The highest BCUT2D eigenvalue weighted by Gasteiger charge is 2.09. The van der Waals surface area contributed by atoms with E-state index in [-0.39, 0.29) is 11.7 Å². The van der Waals surface area contributed by atoms with Gasteiger partial charge in [-0.25, -0.2) is 9.97 Å². The topological polar surface area (TPSA) is 96.4 Å². The van der Waals surface area contributed by atoms with Crippen molar-refractivity contribution in [2.45, 2.75) is 0 Å². The molecule has 0 fully saturated rings. The minimum absolute atomic E-state index is 0.145. The van der Waals surface area contributed by atoms with Crippen LogP contribution >= 0.6 is 0 Å². The molecule has 0 bridgehead atoms. The Bertz CT molecular complexity index is 1190. The number of para-hydroxylation sites is 1. The highest BCUT2D eigenvalue weighted by Crippen LogP contribution is 2.29. The van der Waals surface area contributed by atoms with Gasteiger partial charge in [0, 0.05) is 28.6 Å². The maximum atomic E-state index is 12.4. The number of ether oxygens (including phenoxy) is 1. The van der Waals surface area contributed by atoms with Crippen LogP contribution in [0.25, 0.3) is 11.3 Å². The number of hydrogen-bond donors (Lipinski definition) is 3. The first-order valence-corrected chi connectivity index (χ1v) is 9.55. The molecule has 31 heavy (non-hydrogen) atoms. The van der Waals surface area contributed by atoms with Gasteiger partial charge in [0.05, 0.1) is 12.8 Å². The third-order valence-electron chi connectivity index (χ3n) is 4.59. The van der Waals surface area contributed by atoms with E-state index >= 15 is 0 Å². The van der Waals surface area contributed by atoms with Gasteiger partial charge in [-0.3, -0.25) is 4.79 Å². The molecule has 0 saturated heterocycles. The van der Waals surface area contributed by atoms with Gasteiger partial charge < -0.3 is 20.5 Å². The monoisotopic (exact) mass is 412 g/mol. The summed E-state index contributed by atoms with van der Waals surface area (Å²) >= 11 is 0. The van der Waals surface area contributed by atoms with Gasteiger partial charge in [-0.2, -0.15) is 0 Å². The molecule has 1 aromatic heterocycles. The molecule has 4 rings (SSSR count). The van der Waals surface area contributed by atoms with Crippen molar-refractivity contribution >= 4 is 23.1 Å². The number of phenolic OH excluding ortho intramolecular Hbond substituents is 1. The molecular formula is C24H20N4O3. The average Bonchev–Trinajstić information content (AvgIpc) is 2.81. The smallest absolute Gasteiger partial charge is 0.255 e. The molecular weight excluding hydrogens is 392 g/mol. The highest BCUT2D eigenvalue weighted by atomic mass is 16.5. The summed E-state index contributed by atoms with van der Waals surface area (Å²) in [6, 6.07) is 22.8. The fourth-order valence-corrected chi connectivity index (χ4v) is 3.03. The molecule has 1 amide bonds. The van der Waals surface area contributed by atoms with Gasteiger partial charge in [-0.1, -0.05) is 12.1 Å². The van der Waals surface area contributed by atoms with Crippen molar-refractivity contribution in [2.24, 2.45) is 0 Å². The lowest BCUT2D eigenvalue weighted by molar-refractivity contribution is 0.102. The Hall–Kier alpha value is -4.39. The first-order valence-electron chi connectivity index (χ1n) is 9.55. The molecule has 0 atom stereocenters. The lowest BCUT2D eigenvalue weighted by Gasteiger charge is -2.10. The summed E-state index contributed by atoms with van der Waals surface area (Å²) in [7, 11) is 1.62. The fraction of sp³-hybridized carbons (Fsp3) is 0.0417. The van der Waals surface area contributed by atoms with Crippen molar-refractivity contribution < 1.29 is 14.6 Å². The Morgan fingerprint density at radius 1 is 0.903 bits per heavy atom. The maximum absolute atomic E-state index is 12.4. The molecule has 1 heterocycles. The summed E-state index contributed by atoms with van der Waals surface area (Å²) in [6.07, 6.45) is 1.49. The van der Waals surface area contributed by atoms with Crippen LogP contribution in [0, 0.1) is 0 Å². The number of aromatic hydroxyl groups is 1. The zero-order valence-corrected chi connectivity index (χ0v) is 16.7. The number of anilines is 3. The van der Waals surface area contributed by atoms with Crippen molar-refractivity contribution in [3.8, 4) is 22.8 Å². The molecule has 0 aliphatic rings. The Kier molecular flexibility index (Phi) is 5.75. The average molecular weight is 412 g/mol. The molecule has 0 spiro atoms. The van der Waals surface area contributed by atoms with E-state index in [1.165, 1.54) is 18.5 Å². The lowest BCUT2D eigenvalue weighted by atomic mass is 10.1. The summed E-state index contributed by atoms with van der Waals surface area (Å²) in [5.41, 5.74) is 3.51. The Morgan fingerprint density at radius 2 is 1.61 bits per heavy atom. The van der Waals surface area contributed by atoms with Crippen molar-refractivity contribution in [1.29, 1.82) is 0 Å². The second-order valence-electron chi connectivity index (χ2n) is 6.69. The molecule has 3 N–H and O–H groups in total. The van der Waals surface area contributed by atoms with Crippen LogP contribution in [-0.2, 0) is 0 Å². The molecule has 0 aliphatic carbocycles. The van der Waals surface area contributed by atoms with Gasteiger partial charge in [-0.15, -0.1) is 0 Å². The van der Waals surface area contributed by atoms with Gasteiger partial charge >= 0.3 is 0 Å². The van der Waals surface area contributed by atoms with Crippen molar-refractivity contribution in [3.05, 3.63) is 90.8 Å². The summed E-state index contributed by atoms with van der Waals surface area (Å²) in [5, 5.41) is 15.3. The van der Waals surface area contributed by atoms with Gasteiger partial charge in [0.25, 0.3) is 5.91 Å². The zero-order chi connectivity index (χ0) is 21.6. The number of rotatable bonds is 6. The number of benzene rings is 3. The third-order valence-corrected chi connectivity index (χ3v) is 4.59. The quantitative estimate of drug-likeness (QED) is 0.392. The number of aromatic nitrogens is 2. The SMILES string of the molecule is COc1ccccc1-c1cc(Nc2ccc(C(=O)Nc3ccc(O)cc3)cc2)ncn1. The highest BCUT2D eigenvalue weighted by molar-refractivity contribution is 6.04. The second kappa shape index (κ2) is 8.96. The van der Waals surface area contributed by atoms with Gasteiger partial charge in [0.2, 0.25) is 0 Å². The molecule has 7 nitrogen and oxygen atoms in total. The Labute approximate surface area is 179 Å². The van der Waals surface area contributed by atoms with Crippen molar-refractivity contribution in [2.75, 3.05) is 17.7 Å². The minimum atomic E-state index is -0.238. The van der Waals surface area contributed by atoms with Crippen LogP contribution in [0.5, 0.6) is 11.5 Å². The molecule has 0 aliphatic heterocycles. The van der Waals surface area contributed by atoms with Crippen LogP contribution < -0.4 is 15.4 Å². The first-order chi connectivity index (χ1) is 15.1. The molecule has 0 saturated carbocycles. The van der Waals surface area contributed by atoms with E-state index in [1.54, 1.807) is 43.5 Å². The van der Waals surface area contributed by atoms with Gasteiger partial charge in [-0.05, 0) is 60.7 Å². The van der Waals surface area contributed by atoms with Crippen LogP contribution in [-0.4, -0.2) is 28.1 Å². The Balaban J connectivity index is 1.47. The molecule has 154 valence electrons. The number of carbonyl (C=O) groups excluding carboxylic acids is 1. The lowest BCUT2D eigenvalue weighted by Crippen LogP contribution is -2.11. The second-order valence-corrected chi connectivity index (χ2v) is 6.69. The number of amides is 1. The summed E-state index contributed by atoms with van der Waals surface area (Å²) < 4.78 is 5.41. The molecule has 0 unspecified atom stereocenters. The van der Waals surface area contributed by atoms with Crippen molar-refractivity contribution in [1.82, 2.24) is 9.97 Å².